The molecule has 1 aromatic heterocycles. The van der Waals surface area contributed by atoms with Crippen LogP contribution in [0, 0.1) is 5.82 Å². The molecule has 4 rings (SSSR count). The number of hydrogen-bond acceptors (Lipinski definition) is 3. The highest BCUT2D eigenvalue weighted by Gasteiger charge is 2.41. The quantitative estimate of drug-likeness (QED) is 0.684. The largest absolute Gasteiger partial charge is 0.317 e. The lowest BCUT2D eigenvalue weighted by molar-refractivity contribution is -0.122. The number of hydrogen-bond donors (Lipinski definition) is 0. The fraction of sp³-hybridized carbons (Fsp3) is 0.118. The number of carbonyl (C=O) groups excluding carboxylic acids is 2. The maximum Gasteiger partial charge on any atom is 0.257 e. The Kier molecular flexibility index (Phi) is 2.97. The second-order valence-corrected chi connectivity index (χ2v) is 5.40. The summed E-state index contributed by atoms with van der Waals surface area (Å²) in [5.74, 6) is -1.04. The van der Waals surface area contributed by atoms with Crippen molar-refractivity contribution in [2.45, 2.75) is 12.5 Å². The molecule has 5 nitrogen and oxygen atoms in total. The lowest BCUT2D eigenvalue weighted by Crippen LogP contribution is -2.31. The first-order chi connectivity index (χ1) is 11.1. The maximum atomic E-state index is 13.0. The average Bonchev–Trinajstić information content (AvgIpc) is 3.10. The van der Waals surface area contributed by atoms with Gasteiger partial charge in [0, 0.05) is 0 Å². The van der Waals surface area contributed by atoms with E-state index in [1.54, 1.807) is 10.9 Å². The Balaban J connectivity index is 1.74. The van der Waals surface area contributed by atoms with Crippen molar-refractivity contribution < 1.29 is 14.0 Å². The summed E-state index contributed by atoms with van der Waals surface area (Å²) in [4.78, 5) is 30.4. The molecule has 2 aromatic carbocycles. The van der Waals surface area contributed by atoms with E-state index in [-0.39, 0.29) is 18.2 Å². The first-order valence-corrected chi connectivity index (χ1v) is 7.19. The number of carbonyl (C=O) groups is 2. The lowest BCUT2D eigenvalue weighted by atomic mass is 10.2. The third-order valence-corrected chi connectivity index (χ3v) is 4.02. The van der Waals surface area contributed by atoms with Gasteiger partial charge in [0.2, 0.25) is 5.91 Å². The number of imide groups is 1. The predicted octanol–water partition coefficient (Wildman–Crippen LogP) is 2.68. The molecule has 0 N–H and O–H groups in total. The van der Waals surface area contributed by atoms with Gasteiger partial charge in [-0.2, -0.15) is 0 Å². The maximum absolute atomic E-state index is 13.0. The van der Waals surface area contributed by atoms with Crippen LogP contribution >= 0.6 is 0 Å². The molecule has 0 spiro atoms. The summed E-state index contributed by atoms with van der Waals surface area (Å²) < 4.78 is 14.8. The van der Waals surface area contributed by atoms with Crippen molar-refractivity contribution in [1.82, 2.24) is 9.55 Å². The molecule has 0 bridgehead atoms. The van der Waals surface area contributed by atoms with Crippen LogP contribution in [0.2, 0.25) is 0 Å². The van der Waals surface area contributed by atoms with Crippen LogP contribution in [-0.4, -0.2) is 21.4 Å². The minimum Gasteiger partial charge on any atom is -0.317 e. The van der Waals surface area contributed by atoms with Crippen molar-refractivity contribution in [3.8, 4) is 0 Å². The number of nitrogens with zero attached hydrogens (tertiary/aromatic N) is 3. The number of aromatic nitrogens is 2. The number of amides is 2. The Labute approximate surface area is 131 Å². The van der Waals surface area contributed by atoms with Crippen LogP contribution in [0.1, 0.15) is 12.5 Å². The van der Waals surface area contributed by atoms with Gasteiger partial charge in [-0.15, -0.1) is 0 Å². The van der Waals surface area contributed by atoms with Crippen LogP contribution in [0.15, 0.2) is 54.9 Å². The van der Waals surface area contributed by atoms with Gasteiger partial charge in [0.05, 0.1) is 29.5 Å². The van der Waals surface area contributed by atoms with E-state index in [0.717, 1.165) is 15.9 Å². The monoisotopic (exact) mass is 309 g/mol. The van der Waals surface area contributed by atoms with E-state index < -0.39 is 11.9 Å². The van der Waals surface area contributed by atoms with E-state index in [9.17, 15) is 14.0 Å². The highest BCUT2D eigenvalue weighted by molar-refractivity contribution is 6.21. The van der Waals surface area contributed by atoms with Gasteiger partial charge in [-0.25, -0.2) is 14.3 Å². The first-order valence-electron chi connectivity index (χ1n) is 7.19. The molecule has 0 saturated carbocycles. The van der Waals surface area contributed by atoms with Crippen LogP contribution in [-0.2, 0) is 9.59 Å². The zero-order valence-electron chi connectivity index (χ0n) is 12.0. The summed E-state index contributed by atoms with van der Waals surface area (Å²) in [5, 5.41) is 0. The molecular weight excluding hydrogens is 297 g/mol. The van der Waals surface area contributed by atoms with Gasteiger partial charge < -0.3 is 4.57 Å². The van der Waals surface area contributed by atoms with Crippen LogP contribution in [0.5, 0.6) is 0 Å². The summed E-state index contributed by atoms with van der Waals surface area (Å²) in [7, 11) is 0. The van der Waals surface area contributed by atoms with Gasteiger partial charge in [-0.3, -0.25) is 9.59 Å². The summed E-state index contributed by atoms with van der Waals surface area (Å²) in [6.07, 6.45) is 1.64. The highest BCUT2D eigenvalue weighted by atomic mass is 19.1. The van der Waals surface area contributed by atoms with Crippen molar-refractivity contribution >= 4 is 28.5 Å². The molecule has 1 fully saturated rings. The molecular formula is C17H12FN3O2. The third-order valence-electron chi connectivity index (χ3n) is 4.02. The summed E-state index contributed by atoms with van der Waals surface area (Å²) in [6.45, 7) is 0. The molecule has 2 amide bonds. The topological polar surface area (TPSA) is 55.2 Å². The van der Waals surface area contributed by atoms with E-state index in [0.29, 0.717) is 5.69 Å². The number of halogens is 1. The zero-order valence-corrected chi connectivity index (χ0v) is 12.0. The number of fused-ring (bicyclic) bond motifs is 1. The Morgan fingerprint density at radius 3 is 2.57 bits per heavy atom. The van der Waals surface area contributed by atoms with Crippen molar-refractivity contribution in [3.63, 3.8) is 0 Å². The molecule has 1 aliphatic rings. The van der Waals surface area contributed by atoms with Crippen molar-refractivity contribution in [2.24, 2.45) is 0 Å². The second-order valence-electron chi connectivity index (χ2n) is 5.40. The Morgan fingerprint density at radius 1 is 1.04 bits per heavy atom. The van der Waals surface area contributed by atoms with E-state index in [2.05, 4.69) is 4.98 Å². The predicted molar refractivity (Wildman–Crippen MR) is 82.3 cm³/mol. The molecule has 1 aliphatic heterocycles. The van der Waals surface area contributed by atoms with Crippen molar-refractivity contribution in [1.29, 1.82) is 0 Å². The summed E-state index contributed by atoms with van der Waals surface area (Å²) in [6, 6.07) is 12.1. The van der Waals surface area contributed by atoms with Crippen LogP contribution in [0.4, 0.5) is 10.1 Å². The number of rotatable bonds is 2. The number of anilines is 1. The lowest BCUT2D eigenvalue weighted by Gasteiger charge is -2.15. The normalized spacial score (nSPS) is 18.1. The molecule has 3 aromatic rings. The fourth-order valence-electron chi connectivity index (χ4n) is 2.92. The Hall–Kier alpha value is -3.02. The molecule has 23 heavy (non-hydrogen) atoms. The SMILES string of the molecule is O=C1C[C@H](n2cnc3ccccc32)C(=O)N1c1ccc(F)cc1. The molecule has 114 valence electrons. The third kappa shape index (κ3) is 2.11. The molecule has 0 aliphatic carbocycles. The van der Waals surface area contributed by atoms with Gasteiger partial charge in [0.1, 0.15) is 11.9 Å². The highest BCUT2D eigenvalue weighted by Crippen LogP contribution is 2.31. The van der Waals surface area contributed by atoms with Crippen LogP contribution in [0.25, 0.3) is 11.0 Å². The average molecular weight is 309 g/mol. The molecule has 0 radical (unpaired) electrons. The second kappa shape index (κ2) is 5.01. The molecule has 6 heteroatoms. The van der Waals surface area contributed by atoms with Gasteiger partial charge in [-0.05, 0) is 36.4 Å². The van der Waals surface area contributed by atoms with E-state index >= 15 is 0 Å². The fourth-order valence-corrected chi connectivity index (χ4v) is 2.92. The van der Waals surface area contributed by atoms with Gasteiger partial charge in [0.25, 0.3) is 5.91 Å². The summed E-state index contributed by atoms with van der Waals surface area (Å²) >= 11 is 0. The molecule has 1 saturated heterocycles. The minimum absolute atomic E-state index is 0.0660. The number of benzene rings is 2. The van der Waals surface area contributed by atoms with Gasteiger partial charge in [0.15, 0.2) is 0 Å². The van der Waals surface area contributed by atoms with Crippen molar-refractivity contribution in [2.75, 3.05) is 4.90 Å². The van der Waals surface area contributed by atoms with E-state index in [1.165, 1.54) is 24.3 Å². The smallest absolute Gasteiger partial charge is 0.257 e. The molecule has 2 heterocycles. The van der Waals surface area contributed by atoms with Crippen LogP contribution in [0.3, 0.4) is 0 Å². The number of para-hydroxylation sites is 2. The van der Waals surface area contributed by atoms with Gasteiger partial charge in [-0.1, -0.05) is 12.1 Å². The van der Waals surface area contributed by atoms with Crippen molar-refractivity contribution in [3.05, 3.63) is 60.7 Å². The molecule has 1 atom stereocenters. The first kappa shape index (κ1) is 13.6. The standard InChI is InChI=1S/C17H12FN3O2/c18-11-5-7-12(8-6-11)21-16(22)9-15(17(21)23)20-10-19-13-3-1-2-4-14(13)20/h1-8,10,15H,9H2/t15-/m0/s1. The molecule has 0 unspecified atom stereocenters. The van der Waals surface area contributed by atoms with E-state index in [4.69, 9.17) is 0 Å². The summed E-state index contributed by atoms with van der Waals surface area (Å²) in [5.41, 5.74) is 1.96. The van der Waals surface area contributed by atoms with Crippen LogP contribution < -0.4 is 4.90 Å². The minimum atomic E-state index is -0.625. The zero-order chi connectivity index (χ0) is 16.0. The Bertz CT molecular complexity index is 917. The Morgan fingerprint density at radius 2 is 1.78 bits per heavy atom. The van der Waals surface area contributed by atoms with E-state index in [1.807, 2.05) is 24.3 Å². The number of imidazole rings is 1. The van der Waals surface area contributed by atoms with Gasteiger partial charge >= 0.3 is 0 Å².